The number of benzene rings is 2. The quantitative estimate of drug-likeness (QED) is 0.714. The third-order valence-corrected chi connectivity index (χ3v) is 4.52. The zero-order valence-electron chi connectivity index (χ0n) is 13.7. The van der Waals surface area contributed by atoms with Crippen LogP contribution in [0.2, 0.25) is 0 Å². The molecule has 3 aromatic rings. The number of amides is 1. The van der Waals surface area contributed by atoms with Crippen LogP contribution in [0.25, 0.3) is 10.9 Å². The van der Waals surface area contributed by atoms with Crippen LogP contribution in [0.3, 0.4) is 0 Å². The summed E-state index contributed by atoms with van der Waals surface area (Å²) in [7, 11) is 3.97. The van der Waals surface area contributed by atoms with Crippen LogP contribution < -0.4 is 10.2 Å². The van der Waals surface area contributed by atoms with Gasteiger partial charge in [-0.1, -0.05) is 36.0 Å². The molecule has 0 saturated carbocycles. The molecule has 1 aromatic heterocycles. The summed E-state index contributed by atoms with van der Waals surface area (Å²) >= 11 is 1.44. The molecule has 5 heteroatoms. The number of hydrogen-bond acceptors (Lipinski definition) is 4. The van der Waals surface area contributed by atoms with Crippen LogP contribution >= 0.6 is 11.8 Å². The fourth-order valence-corrected chi connectivity index (χ4v) is 2.99. The highest BCUT2D eigenvalue weighted by Crippen LogP contribution is 2.21. The van der Waals surface area contributed by atoms with Crippen LogP contribution in [-0.4, -0.2) is 30.7 Å². The van der Waals surface area contributed by atoms with Crippen LogP contribution in [0, 0.1) is 0 Å². The van der Waals surface area contributed by atoms with Gasteiger partial charge in [0.25, 0.3) is 0 Å². The molecule has 0 unspecified atom stereocenters. The maximum Gasteiger partial charge on any atom is 0.234 e. The molecule has 0 atom stereocenters. The van der Waals surface area contributed by atoms with Gasteiger partial charge in [-0.15, -0.1) is 0 Å². The number of nitrogens with zero attached hydrogens (tertiary/aromatic N) is 2. The lowest BCUT2D eigenvalue weighted by Gasteiger charge is -2.13. The second-order valence-electron chi connectivity index (χ2n) is 5.62. The van der Waals surface area contributed by atoms with Gasteiger partial charge in [-0.2, -0.15) is 0 Å². The lowest BCUT2D eigenvalue weighted by Crippen LogP contribution is -2.14. The maximum atomic E-state index is 12.1. The first-order chi connectivity index (χ1) is 11.6. The Morgan fingerprint density at radius 3 is 2.54 bits per heavy atom. The summed E-state index contributed by atoms with van der Waals surface area (Å²) in [5.74, 6) is 0.299. The van der Waals surface area contributed by atoms with E-state index in [-0.39, 0.29) is 5.91 Å². The molecule has 24 heavy (non-hydrogen) atoms. The van der Waals surface area contributed by atoms with Crippen molar-refractivity contribution >= 4 is 39.9 Å². The Morgan fingerprint density at radius 2 is 1.79 bits per heavy atom. The van der Waals surface area contributed by atoms with Crippen molar-refractivity contribution in [1.29, 1.82) is 0 Å². The lowest BCUT2D eigenvalue weighted by atomic mass is 10.2. The number of para-hydroxylation sites is 1. The standard InChI is InChI=1S/C19H19N3OS/c1-22(2)16-10-8-15(9-11-16)20-18(23)13-24-19-12-7-14-5-3-4-6-17(14)21-19/h3-12H,13H2,1-2H3,(H,20,23). The monoisotopic (exact) mass is 337 g/mol. The Labute approximate surface area is 145 Å². The first kappa shape index (κ1) is 16.3. The molecule has 0 spiro atoms. The second-order valence-corrected chi connectivity index (χ2v) is 6.62. The van der Waals surface area contributed by atoms with E-state index >= 15 is 0 Å². The highest BCUT2D eigenvalue weighted by atomic mass is 32.2. The van der Waals surface area contributed by atoms with Crippen molar-refractivity contribution in [3.63, 3.8) is 0 Å². The van der Waals surface area contributed by atoms with Crippen LogP contribution in [0.15, 0.2) is 65.7 Å². The van der Waals surface area contributed by atoms with Gasteiger partial charge in [0, 0.05) is 30.9 Å². The topological polar surface area (TPSA) is 45.2 Å². The minimum atomic E-state index is -0.0347. The van der Waals surface area contributed by atoms with Crippen LogP contribution in [-0.2, 0) is 4.79 Å². The molecule has 0 fully saturated rings. The van der Waals surface area contributed by atoms with Gasteiger partial charge in [0.1, 0.15) is 0 Å². The molecule has 0 aliphatic rings. The van der Waals surface area contributed by atoms with E-state index in [1.807, 2.05) is 79.7 Å². The van der Waals surface area contributed by atoms with Gasteiger partial charge in [0.2, 0.25) is 5.91 Å². The van der Waals surface area contributed by atoms with E-state index in [1.165, 1.54) is 11.8 Å². The van der Waals surface area contributed by atoms with Crippen LogP contribution in [0.5, 0.6) is 0 Å². The summed E-state index contributed by atoms with van der Waals surface area (Å²) in [6.07, 6.45) is 0. The summed E-state index contributed by atoms with van der Waals surface area (Å²) in [6, 6.07) is 19.7. The Morgan fingerprint density at radius 1 is 1.04 bits per heavy atom. The molecule has 1 amide bonds. The van der Waals surface area contributed by atoms with Crippen LogP contribution in [0.4, 0.5) is 11.4 Å². The fraction of sp³-hybridized carbons (Fsp3) is 0.158. The zero-order valence-corrected chi connectivity index (χ0v) is 14.5. The molecular formula is C19H19N3OS. The second kappa shape index (κ2) is 7.36. The first-order valence-corrected chi connectivity index (χ1v) is 8.66. The van der Waals surface area contributed by atoms with Crippen molar-refractivity contribution in [2.75, 3.05) is 30.1 Å². The third-order valence-electron chi connectivity index (χ3n) is 3.59. The third kappa shape index (κ3) is 4.06. The highest BCUT2D eigenvalue weighted by molar-refractivity contribution is 7.99. The van der Waals surface area contributed by atoms with Crippen molar-refractivity contribution in [3.05, 3.63) is 60.7 Å². The van der Waals surface area contributed by atoms with Crippen LogP contribution in [0.1, 0.15) is 0 Å². The summed E-state index contributed by atoms with van der Waals surface area (Å²) < 4.78 is 0. The number of pyridine rings is 1. The molecule has 1 N–H and O–H groups in total. The van der Waals surface area contributed by atoms with E-state index in [0.717, 1.165) is 27.3 Å². The van der Waals surface area contributed by atoms with Gasteiger partial charge in [-0.05, 0) is 36.4 Å². The number of thioether (sulfide) groups is 1. The normalized spacial score (nSPS) is 10.6. The number of rotatable bonds is 5. The molecule has 0 aliphatic carbocycles. The number of aromatic nitrogens is 1. The van der Waals surface area contributed by atoms with Gasteiger partial charge < -0.3 is 10.2 Å². The minimum Gasteiger partial charge on any atom is -0.378 e. The van der Waals surface area contributed by atoms with Crippen molar-refractivity contribution in [3.8, 4) is 0 Å². The number of carbonyl (C=O) groups is 1. The Kier molecular flexibility index (Phi) is 5.01. The Balaban J connectivity index is 1.58. The summed E-state index contributed by atoms with van der Waals surface area (Å²) in [4.78, 5) is 18.7. The minimum absolute atomic E-state index is 0.0347. The number of anilines is 2. The Hall–Kier alpha value is -2.53. The predicted molar refractivity (Wildman–Crippen MR) is 102 cm³/mol. The Bertz CT molecular complexity index is 847. The van der Waals surface area contributed by atoms with E-state index in [9.17, 15) is 4.79 Å². The summed E-state index contributed by atoms with van der Waals surface area (Å²) in [5, 5.41) is 4.87. The van der Waals surface area contributed by atoms with E-state index in [0.29, 0.717) is 5.75 Å². The molecular weight excluding hydrogens is 318 g/mol. The number of carbonyl (C=O) groups excluding carboxylic acids is 1. The van der Waals surface area contributed by atoms with Crippen molar-refractivity contribution in [1.82, 2.24) is 4.98 Å². The van der Waals surface area contributed by atoms with E-state index in [2.05, 4.69) is 10.3 Å². The molecule has 0 aliphatic heterocycles. The highest BCUT2D eigenvalue weighted by Gasteiger charge is 2.06. The van der Waals surface area contributed by atoms with Crippen molar-refractivity contribution in [2.24, 2.45) is 0 Å². The maximum absolute atomic E-state index is 12.1. The zero-order chi connectivity index (χ0) is 16.9. The number of hydrogen-bond donors (Lipinski definition) is 1. The molecule has 3 rings (SSSR count). The van der Waals surface area contributed by atoms with E-state index in [4.69, 9.17) is 0 Å². The summed E-state index contributed by atoms with van der Waals surface area (Å²) in [6.45, 7) is 0. The first-order valence-electron chi connectivity index (χ1n) is 7.68. The fourth-order valence-electron chi connectivity index (χ4n) is 2.31. The molecule has 2 aromatic carbocycles. The van der Waals surface area contributed by atoms with Gasteiger partial charge in [-0.25, -0.2) is 4.98 Å². The van der Waals surface area contributed by atoms with Crippen molar-refractivity contribution in [2.45, 2.75) is 5.03 Å². The molecule has 0 saturated heterocycles. The molecule has 122 valence electrons. The average molecular weight is 337 g/mol. The van der Waals surface area contributed by atoms with Gasteiger partial charge in [0.05, 0.1) is 16.3 Å². The average Bonchev–Trinajstić information content (AvgIpc) is 2.60. The number of nitrogens with one attached hydrogen (secondary N) is 1. The lowest BCUT2D eigenvalue weighted by molar-refractivity contribution is -0.113. The molecule has 4 nitrogen and oxygen atoms in total. The molecule has 0 bridgehead atoms. The van der Waals surface area contributed by atoms with Gasteiger partial charge >= 0.3 is 0 Å². The molecule has 0 radical (unpaired) electrons. The van der Waals surface area contributed by atoms with Gasteiger partial charge in [0.15, 0.2) is 0 Å². The van der Waals surface area contributed by atoms with Gasteiger partial charge in [-0.3, -0.25) is 4.79 Å². The van der Waals surface area contributed by atoms with Crippen molar-refractivity contribution < 1.29 is 4.79 Å². The van der Waals surface area contributed by atoms with E-state index < -0.39 is 0 Å². The summed E-state index contributed by atoms with van der Waals surface area (Å²) in [5.41, 5.74) is 2.85. The largest absolute Gasteiger partial charge is 0.378 e. The SMILES string of the molecule is CN(C)c1ccc(NC(=O)CSc2ccc3ccccc3n2)cc1. The smallest absolute Gasteiger partial charge is 0.234 e. The van der Waals surface area contributed by atoms with E-state index in [1.54, 1.807) is 0 Å². The predicted octanol–water partition coefficient (Wildman–Crippen LogP) is 4.03. The molecule has 1 heterocycles. The number of fused-ring (bicyclic) bond motifs is 1.